The van der Waals surface area contributed by atoms with E-state index in [2.05, 4.69) is 12.2 Å². The van der Waals surface area contributed by atoms with Gasteiger partial charge in [0.1, 0.15) is 11.5 Å². The molecular formula is C32H47NO5. The number of carbonyl (C=O) groups is 2. The van der Waals surface area contributed by atoms with Gasteiger partial charge in [0.25, 0.3) is 12.0 Å². The van der Waals surface area contributed by atoms with E-state index in [0.717, 1.165) is 12.8 Å². The van der Waals surface area contributed by atoms with Gasteiger partial charge in [-0.05, 0) is 30.7 Å². The summed E-state index contributed by atoms with van der Waals surface area (Å²) in [5.41, 5.74) is 0.527. The smallest absolute Gasteiger partial charge is 0.357 e. The Labute approximate surface area is 229 Å². The lowest BCUT2D eigenvalue weighted by molar-refractivity contribution is -0.152. The fourth-order valence-electron chi connectivity index (χ4n) is 4.31. The number of benzene rings is 2. The van der Waals surface area contributed by atoms with Crippen LogP contribution in [0.2, 0.25) is 0 Å². The molecule has 1 atom stereocenters. The average molecular weight is 526 g/mol. The van der Waals surface area contributed by atoms with Crippen LogP contribution in [0.5, 0.6) is 11.5 Å². The van der Waals surface area contributed by atoms with Crippen molar-refractivity contribution in [2.45, 2.75) is 103 Å². The third-order valence-electron chi connectivity index (χ3n) is 6.52. The molecule has 1 N–H and O–H groups in total. The second-order valence-corrected chi connectivity index (χ2v) is 9.80. The van der Waals surface area contributed by atoms with Crippen molar-refractivity contribution in [3.05, 3.63) is 54.6 Å². The Bertz CT molecular complexity index is 902. The first kappa shape index (κ1) is 31.2. The number of amides is 1. The predicted molar refractivity (Wildman–Crippen MR) is 154 cm³/mol. The summed E-state index contributed by atoms with van der Waals surface area (Å²) in [4.78, 5) is 24.9. The van der Waals surface area contributed by atoms with E-state index in [4.69, 9.17) is 14.2 Å². The van der Waals surface area contributed by atoms with Gasteiger partial charge in [0.05, 0.1) is 13.7 Å². The minimum atomic E-state index is -1.41. The highest BCUT2D eigenvalue weighted by atomic mass is 16.6. The van der Waals surface area contributed by atoms with Gasteiger partial charge in [0, 0.05) is 11.8 Å². The second-order valence-electron chi connectivity index (χ2n) is 9.80. The first-order valence-corrected chi connectivity index (χ1v) is 14.5. The van der Waals surface area contributed by atoms with Crippen molar-refractivity contribution in [3.8, 4) is 11.5 Å². The molecule has 0 heterocycles. The van der Waals surface area contributed by atoms with E-state index in [1.54, 1.807) is 42.5 Å². The molecule has 2 aromatic rings. The Balaban J connectivity index is 1.60. The van der Waals surface area contributed by atoms with Crippen LogP contribution in [0.3, 0.4) is 0 Å². The summed E-state index contributed by atoms with van der Waals surface area (Å²) < 4.78 is 16.2. The fourth-order valence-corrected chi connectivity index (χ4v) is 4.31. The van der Waals surface area contributed by atoms with Crippen molar-refractivity contribution in [2.24, 2.45) is 0 Å². The summed E-state index contributed by atoms with van der Waals surface area (Å²) in [5.74, 6) is -0.291. The molecule has 1 unspecified atom stereocenters. The second kappa shape index (κ2) is 20.0. The van der Waals surface area contributed by atoms with Gasteiger partial charge in [0.15, 0.2) is 0 Å². The molecule has 6 heteroatoms. The van der Waals surface area contributed by atoms with Crippen LogP contribution >= 0.6 is 0 Å². The summed E-state index contributed by atoms with van der Waals surface area (Å²) >= 11 is 0. The molecule has 2 aromatic carbocycles. The van der Waals surface area contributed by atoms with Crippen molar-refractivity contribution in [2.75, 3.05) is 19.0 Å². The van der Waals surface area contributed by atoms with E-state index in [-0.39, 0.29) is 0 Å². The number of hydrogen-bond acceptors (Lipinski definition) is 5. The Morgan fingerprint density at radius 3 is 1.84 bits per heavy atom. The van der Waals surface area contributed by atoms with Crippen LogP contribution < -0.4 is 14.8 Å². The molecule has 0 bridgehead atoms. The molecule has 38 heavy (non-hydrogen) atoms. The number of carbonyl (C=O) groups excluding carboxylic acids is 2. The molecule has 0 aliphatic heterocycles. The maximum absolute atomic E-state index is 12.8. The van der Waals surface area contributed by atoms with Gasteiger partial charge in [-0.2, -0.15) is 0 Å². The lowest BCUT2D eigenvalue weighted by Crippen LogP contribution is -2.40. The molecule has 0 saturated heterocycles. The number of unbranched alkanes of at least 4 members (excludes halogenated alkanes) is 13. The van der Waals surface area contributed by atoms with Gasteiger partial charge < -0.3 is 19.5 Å². The van der Waals surface area contributed by atoms with Crippen LogP contribution in [0.25, 0.3) is 0 Å². The quantitative estimate of drug-likeness (QED) is 0.101. The van der Waals surface area contributed by atoms with Crippen molar-refractivity contribution >= 4 is 17.6 Å². The molecule has 210 valence electrons. The van der Waals surface area contributed by atoms with Gasteiger partial charge in [-0.3, -0.25) is 4.79 Å². The van der Waals surface area contributed by atoms with E-state index < -0.39 is 18.0 Å². The highest BCUT2D eigenvalue weighted by Crippen LogP contribution is 2.20. The highest BCUT2D eigenvalue weighted by molar-refractivity contribution is 6.07. The number of esters is 1. The normalized spacial score (nSPS) is 11.5. The Morgan fingerprint density at radius 2 is 1.26 bits per heavy atom. The molecule has 0 aliphatic rings. The number of ether oxygens (including phenoxy) is 3. The summed E-state index contributed by atoms with van der Waals surface area (Å²) in [7, 11) is 1.22. The lowest BCUT2D eigenvalue weighted by Gasteiger charge is -2.17. The van der Waals surface area contributed by atoms with Crippen molar-refractivity contribution in [1.29, 1.82) is 0 Å². The number of anilines is 1. The van der Waals surface area contributed by atoms with Crippen LogP contribution in [0, 0.1) is 0 Å². The zero-order chi connectivity index (χ0) is 27.3. The number of nitrogens with one attached hydrogen (secondary N) is 1. The Kier molecular flexibility index (Phi) is 16.4. The molecule has 6 nitrogen and oxygen atoms in total. The van der Waals surface area contributed by atoms with E-state index in [0.29, 0.717) is 23.8 Å². The zero-order valence-electron chi connectivity index (χ0n) is 23.4. The number of rotatable bonds is 21. The van der Waals surface area contributed by atoms with Gasteiger partial charge >= 0.3 is 5.97 Å². The minimum Gasteiger partial charge on any atom is -0.494 e. The van der Waals surface area contributed by atoms with Crippen molar-refractivity contribution in [3.63, 3.8) is 0 Å². The van der Waals surface area contributed by atoms with Gasteiger partial charge in [-0.15, -0.1) is 0 Å². The van der Waals surface area contributed by atoms with Crippen LogP contribution in [0.1, 0.15) is 96.8 Å². The average Bonchev–Trinajstić information content (AvgIpc) is 2.94. The van der Waals surface area contributed by atoms with Crippen LogP contribution in [0.4, 0.5) is 5.69 Å². The lowest BCUT2D eigenvalue weighted by atomic mass is 10.0. The van der Waals surface area contributed by atoms with Gasteiger partial charge in [-0.1, -0.05) is 115 Å². The minimum absolute atomic E-state index is 0.406. The van der Waals surface area contributed by atoms with E-state index in [1.807, 2.05) is 12.1 Å². The van der Waals surface area contributed by atoms with Gasteiger partial charge in [0.2, 0.25) is 0 Å². The molecule has 2 rings (SSSR count). The number of hydrogen-bond donors (Lipinski definition) is 1. The molecule has 0 aromatic heterocycles. The van der Waals surface area contributed by atoms with Crippen LogP contribution in [-0.4, -0.2) is 31.7 Å². The Hall–Kier alpha value is -3.02. The molecule has 0 aliphatic carbocycles. The maximum Gasteiger partial charge on any atom is 0.357 e. The molecular weight excluding hydrogens is 478 g/mol. The topological polar surface area (TPSA) is 73.9 Å². The van der Waals surface area contributed by atoms with E-state index >= 15 is 0 Å². The van der Waals surface area contributed by atoms with Crippen LogP contribution in [-0.2, 0) is 14.3 Å². The maximum atomic E-state index is 12.8. The summed E-state index contributed by atoms with van der Waals surface area (Å²) in [5, 5.41) is 2.73. The summed E-state index contributed by atoms with van der Waals surface area (Å²) in [6, 6.07) is 15.9. The fraction of sp³-hybridized carbons (Fsp3) is 0.562. The molecule has 0 fully saturated rings. The first-order chi connectivity index (χ1) is 18.6. The van der Waals surface area contributed by atoms with E-state index in [9.17, 15) is 9.59 Å². The Morgan fingerprint density at radius 1 is 0.711 bits per heavy atom. The monoisotopic (exact) mass is 525 g/mol. The SMILES string of the molecule is CCCCCCCCCCCCCCCCOc1cccc(NC(=O)C(Oc2ccccc2)C(=O)OC)c1. The van der Waals surface area contributed by atoms with E-state index in [1.165, 1.54) is 84.2 Å². The summed E-state index contributed by atoms with van der Waals surface area (Å²) in [6.07, 6.45) is 17.1. The van der Waals surface area contributed by atoms with Gasteiger partial charge in [-0.25, -0.2) is 4.79 Å². The molecule has 0 saturated carbocycles. The molecule has 0 spiro atoms. The van der Waals surface area contributed by atoms with Crippen LogP contribution in [0.15, 0.2) is 54.6 Å². The highest BCUT2D eigenvalue weighted by Gasteiger charge is 2.30. The first-order valence-electron chi connectivity index (χ1n) is 14.5. The zero-order valence-corrected chi connectivity index (χ0v) is 23.4. The van der Waals surface area contributed by atoms with Crippen molar-refractivity contribution < 1.29 is 23.8 Å². The third kappa shape index (κ3) is 13.5. The standard InChI is InChI=1S/C32H47NO5/c1-3-4-5-6-7-8-9-10-11-12-13-14-15-19-25-37-29-24-20-21-27(26-29)33-31(34)30(32(35)36-2)38-28-22-17-16-18-23-28/h16-18,20-24,26,30H,3-15,19,25H2,1-2H3,(H,33,34). The largest absolute Gasteiger partial charge is 0.494 e. The summed E-state index contributed by atoms with van der Waals surface area (Å²) in [6.45, 7) is 2.90. The third-order valence-corrected chi connectivity index (χ3v) is 6.52. The molecule has 1 amide bonds. The number of methoxy groups -OCH3 is 1. The van der Waals surface area contributed by atoms with Crippen molar-refractivity contribution in [1.82, 2.24) is 0 Å². The molecule has 0 radical (unpaired) electrons. The predicted octanol–water partition coefficient (Wildman–Crippen LogP) is 8.11. The number of para-hydroxylation sites is 1.